The Hall–Kier alpha value is -1.96. The van der Waals surface area contributed by atoms with Gasteiger partial charge in [-0.2, -0.15) is 0 Å². The summed E-state index contributed by atoms with van der Waals surface area (Å²) in [6.07, 6.45) is 8.76. The van der Waals surface area contributed by atoms with Crippen LogP contribution in [0.15, 0.2) is 5.38 Å². The molecule has 1 aliphatic heterocycles. The lowest BCUT2D eigenvalue weighted by molar-refractivity contribution is -0.125. The van der Waals surface area contributed by atoms with Crippen molar-refractivity contribution in [2.24, 2.45) is 17.8 Å². The Labute approximate surface area is 174 Å². The summed E-state index contributed by atoms with van der Waals surface area (Å²) in [5.41, 5.74) is 1.43. The molecule has 29 heavy (non-hydrogen) atoms. The van der Waals surface area contributed by atoms with Crippen LogP contribution in [0.5, 0.6) is 0 Å². The van der Waals surface area contributed by atoms with Gasteiger partial charge in [-0.15, -0.1) is 11.3 Å². The van der Waals surface area contributed by atoms with Crippen LogP contribution in [0.4, 0.5) is 9.93 Å². The standard InChI is InChI=1S/C21H28N4O3S/c1-24-11-18(27)25(20(24)28)4-2-3-17(26)23-19-22-16(12-29-19)21-8-13-5-14(9-21)7-15(6-13)10-21/h12-15H,2-11H2,1H3,(H,22,23,26). The van der Waals surface area contributed by atoms with Crippen molar-refractivity contribution in [3.63, 3.8) is 0 Å². The number of thiazole rings is 1. The fraction of sp³-hybridized carbons (Fsp3) is 0.714. The second kappa shape index (κ2) is 7.07. The van der Waals surface area contributed by atoms with Crippen molar-refractivity contribution in [3.8, 4) is 0 Å². The molecule has 5 fully saturated rings. The zero-order chi connectivity index (χ0) is 20.2. The van der Waals surface area contributed by atoms with Crippen LogP contribution in [-0.4, -0.2) is 52.8 Å². The highest BCUT2D eigenvalue weighted by Crippen LogP contribution is 2.60. The Morgan fingerprint density at radius 3 is 2.45 bits per heavy atom. The highest BCUT2D eigenvalue weighted by molar-refractivity contribution is 7.13. The van der Waals surface area contributed by atoms with Gasteiger partial charge in [-0.3, -0.25) is 14.5 Å². The number of nitrogens with zero attached hydrogens (tertiary/aromatic N) is 3. The van der Waals surface area contributed by atoms with Crippen molar-refractivity contribution in [3.05, 3.63) is 11.1 Å². The number of amides is 4. The van der Waals surface area contributed by atoms with Crippen molar-refractivity contribution >= 4 is 34.3 Å². The summed E-state index contributed by atoms with van der Waals surface area (Å²) in [6, 6.07) is -0.282. The predicted octanol–water partition coefficient (Wildman–Crippen LogP) is 3.22. The third-order valence-electron chi connectivity index (χ3n) is 7.35. The van der Waals surface area contributed by atoms with E-state index in [2.05, 4.69) is 10.7 Å². The van der Waals surface area contributed by atoms with Gasteiger partial charge in [0.05, 0.1) is 5.69 Å². The maximum atomic E-state index is 12.3. The molecule has 1 N–H and O–H groups in total. The molecule has 7 nitrogen and oxygen atoms in total. The summed E-state index contributed by atoms with van der Waals surface area (Å²) in [4.78, 5) is 43.4. The van der Waals surface area contributed by atoms with Crippen LogP contribution in [0.1, 0.15) is 57.1 Å². The second-order valence-corrected chi connectivity index (χ2v) is 10.4. The van der Waals surface area contributed by atoms with E-state index >= 15 is 0 Å². The SMILES string of the molecule is CN1CC(=O)N(CCCC(=O)Nc2nc(C34CC5CC(CC(C5)C3)C4)cs2)C1=O. The minimum Gasteiger partial charge on any atom is -0.318 e. The van der Waals surface area contributed by atoms with Gasteiger partial charge in [-0.1, -0.05) is 0 Å². The van der Waals surface area contributed by atoms with E-state index in [1.807, 2.05) is 0 Å². The van der Waals surface area contributed by atoms with Crippen molar-refractivity contribution in [1.82, 2.24) is 14.8 Å². The summed E-state index contributed by atoms with van der Waals surface area (Å²) < 4.78 is 0. The smallest absolute Gasteiger partial charge is 0.318 e. The molecule has 0 radical (unpaired) electrons. The number of aromatic nitrogens is 1. The molecule has 1 aromatic rings. The Balaban J connectivity index is 1.15. The number of nitrogens with one attached hydrogen (secondary N) is 1. The molecule has 4 saturated carbocycles. The number of anilines is 1. The van der Waals surface area contributed by atoms with E-state index in [0.29, 0.717) is 11.6 Å². The molecule has 156 valence electrons. The van der Waals surface area contributed by atoms with Crippen LogP contribution in [0.3, 0.4) is 0 Å². The molecule has 4 aliphatic carbocycles. The lowest BCUT2D eigenvalue weighted by Gasteiger charge is -2.56. The average Bonchev–Trinajstić information content (AvgIpc) is 3.21. The fourth-order valence-corrected chi connectivity index (χ4v) is 7.32. The van der Waals surface area contributed by atoms with E-state index < -0.39 is 0 Å². The Kier molecular flexibility index (Phi) is 4.64. The number of imide groups is 1. The molecule has 4 bridgehead atoms. The lowest BCUT2D eigenvalue weighted by atomic mass is 9.49. The normalized spacial score (nSPS) is 33.1. The molecule has 1 saturated heterocycles. The Morgan fingerprint density at radius 2 is 1.86 bits per heavy atom. The number of rotatable bonds is 6. The molecule has 8 heteroatoms. The van der Waals surface area contributed by atoms with Crippen molar-refractivity contribution in [1.29, 1.82) is 0 Å². The molecule has 1 aromatic heterocycles. The molecular weight excluding hydrogens is 388 g/mol. The van der Waals surface area contributed by atoms with E-state index in [1.54, 1.807) is 7.05 Å². The van der Waals surface area contributed by atoms with Crippen molar-refractivity contribution < 1.29 is 14.4 Å². The first-order chi connectivity index (χ1) is 13.9. The van der Waals surface area contributed by atoms with Crippen LogP contribution in [0, 0.1) is 17.8 Å². The van der Waals surface area contributed by atoms with Gasteiger partial charge in [0, 0.05) is 30.8 Å². The van der Waals surface area contributed by atoms with Gasteiger partial charge in [0.25, 0.3) is 0 Å². The number of carbonyl (C=O) groups is 3. The number of likely N-dealkylation sites (N-methyl/N-ethyl adjacent to an activating group) is 1. The molecule has 0 aromatic carbocycles. The van der Waals surface area contributed by atoms with Crippen LogP contribution in [0.2, 0.25) is 0 Å². The molecule has 6 rings (SSSR count). The molecule has 4 amide bonds. The highest BCUT2D eigenvalue weighted by atomic mass is 32.1. The third kappa shape index (κ3) is 3.45. The summed E-state index contributed by atoms with van der Waals surface area (Å²) in [7, 11) is 1.61. The zero-order valence-corrected chi connectivity index (χ0v) is 17.7. The maximum absolute atomic E-state index is 12.3. The first-order valence-corrected chi connectivity index (χ1v) is 11.6. The van der Waals surface area contributed by atoms with Gasteiger partial charge in [0.15, 0.2) is 5.13 Å². The van der Waals surface area contributed by atoms with Gasteiger partial charge in [0.2, 0.25) is 11.8 Å². The third-order valence-corrected chi connectivity index (χ3v) is 8.11. The fourth-order valence-electron chi connectivity index (χ4n) is 6.47. The molecule has 0 atom stereocenters. The van der Waals surface area contributed by atoms with Crippen LogP contribution >= 0.6 is 11.3 Å². The minimum atomic E-state index is -0.282. The predicted molar refractivity (Wildman–Crippen MR) is 110 cm³/mol. The Morgan fingerprint density at radius 1 is 1.21 bits per heavy atom. The van der Waals surface area contributed by atoms with Crippen LogP contribution in [-0.2, 0) is 15.0 Å². The zero-order valence-electron chi connectivity index (χ0n) is 16.9. The number of hydrogen-bond acceptors (Lipinski definition) is 5. The quantitative estimate of drug-likeness (QED) is 0.722. The molecule has 2 heterocycles. The van der Waals surface area contributed by atoms with Gasteiger partial charge in [-0.25, -0.2) is 9.78 Å². The minimum absolute atomic E-state index is 0.108. The number of carbonyl (C=O) groups excluding carboxylic acids is 3. The van der Waals surface area contributed by atoms with E-state index in [0.717, 1.165) is 17.8 Å². The van der Waals surface area contributed by atoms with E-state index in [-0.39, 0.29) is 42.8 Å². The maximum Gasteiger partial charge on any atom is 0.326 e. The van der Waals surface area contributed by atoms with Gasteiger partial charge in [-0.05, 0) is 62.7 Å². The topological polar surface area (TPSA) is 82.6 Å². The first kappa shape index (κ1) is 19.0. The molecule has 0 unspecified atom stereocenters. The largest absolute Gasteiger partial charge is 0.326 e. The van der Waals surface area contributed by atoms with E-state index in [4.69, 9.17) is 4.98 Å². The lowest BCUT2D eigenvalue weighted by Crippen LogP contribution is -2.48. The van der Waals surface area contributed by atoms with Crippen LogP contribution in [0.25, 0.3) is 0 Å². The summed E-state index contributed by atoms with van der Waals surface area (Å²) in [5, 5.41) is 5.75. The monoisotopic (exact) mass is 416 g/mol. The van der Waals surface area contributed by atoms with E-state index in [9.17, 15) is 14.4 Å². The summed E-state index contributed by atoms with van der Waals surface area (Å²) in [5.74, 6) is 2.31. The summed E-state index contributed by atoms with van der Waals surface area (Å²) >= 11 is 1.52. The molecule has 5 aliphatic rings. The van der Waals surface area contributed by atoms with E-state index in [1.165, 1.54) is 65.4 Å². The molecule has 0 spiro atoms. The molecular formula is C21H28N4O3S. The number of hydrogen-bond donors (Lipinski definition) is 1. The highest BCUT2D eigenvalue weighted by Gasteiger charge is 2.52. The van der Waals surface area contributed by atoms with Gasteiger partial charge >= 0.3 is 6.03 Å². The van der Waals surface area contributed by atoms with Crippen LogP contribution < -0.4 is 5.32 Å². The van der Waals surface area contributed by atoms with Crippen molar-refractivity contribution in [2.75, 3.05) is 25.5 Å². The van der Waals surface area contributed by atoms with Gasteiger partial charge in [0.1, 0.15) is 6.54 Å². The second-order valence-electron chi connectivity index (χ2n) is 9.57. The first-order valence-electron chi connectivity index (χ1n) is 10.7. The number of urea groups is 1. The average molecular weight is 417 g/mol. The van der Waals surface area contributed by atoms with Gasteiger partial charge < -0.3 is 10.2 Å². The Bertz CT molecular complexity index is 815. The van der Waals surface area contributed by atoms with Crippen molar-refractivity contribution in [2.45, 2.75) is 56.8 Å². The summed E-state index contributed by atoms with van der Waals surface area (Å²) in [6.45, 7) is 0.406.